The Balaban J connectivity index is 3.70. The van der Waals surface area contributed by atoms with Crippen molar-refractivity contribution in [2.24, 2.45) is 16.5 Å². The van der Waals surface area contributed by atoms with Crippen LogP contribution in [0.5, 0.6) is 0 Å². The number of unbranched alkanes of at least 4 members (excludes halogenated alkanes) is 3. The molecule has 0 bridgehead atoms. The molecule has 0 fully saturated rings. The highest BCUT2D eigenvalue weighted by Gasteiger charge is 2.11. The Morgan fingerprint density at radius 2 is 2.05 bits per heavy atom. The van der Waals surface area contributed by atoms with Crippen LogP contribution >= 0.6 is 0 Å². The zero-order chi connectivity index (χ0) is 16.1. The van der Waals surface area contributed by atoms with Crippen molar-refractivity contribution in [3.05, 3.63) is 10.1 Å². The molecule has 1 amide bonds. The maximum atomic E-state index is 11.7. The first-order valence-corrected chi connectivity index (χ1v) is 7.21. The van der Waals surface area contributed by atoms with E-state index in [2.05, 4.69) is 17.2 Å². The fourth-order valence-electron chi connectivity index (χ4n) is 1.67. The Morgan fingerprint density at radius 3 is 2.67 bits per heavy atom. The molecule has 0 aromatic carbocycles. The minimum Gasteiger partial charge on any atom is -0.365 e. The number of rotatable bonds is 11. The van der Waals surface area contributed by atoms with Gasteiger partial charge in [-0.25, -0.2) is 15.1 Å². The van der Waals surface area contributed by atoms with E-state index < -0.39 is 11.1 Å². The third-order valence-electron chi connectivity index (χ3n) is 2.83. The summed E-state index contributed by atoms with van der Waals surface area (Å²) in [7, 11) is 0. The first-order valence-electron chi connectivity index (χ1n) is 7.21. The molecule has 1 atom stereocenters. The summed E-state index contributed by atoms with van der Waals surface area (Å²) in [5.74, 6) is -0.430. The van der Waals surface area contributed by atoms with Crippen molar-refractivity contribution >= 4 is 11.9 Å². The van der Waals surface area contributed by atoms with Crippen LogP contribution in [-0.4, -0.2) is 36.0 Å². The Morgan fingerprint density at radius 1 is 1.33 bits per heavy atom. The molecule has 9 nitrogen and oxygen atoms in total. The monoisotopic (exact) mass is 302 g/mol. The molecule has 0 rings (SSSR count). The van der Waals surface area contributed by atoms with Crippen molar-refractivity contribution in [3.63, 3.8) is 0 Å². The van der Waals surface area contributed by atoms with Crippen LogP contribution in [0.3, 0.4) is 0 Å². The van der Waals surface area contributed by atoms with Crippen molar-refractivity contribution in [1.29, 1.82) is 0 Å². The van der Waals surface area contributed by atoms with Gasteiger partial charge in [-0.05, 0) is 19.3 Å². The summed E-state index contributed by atoms with van der Waals surface area (Å²) in [4.78, 5) is 25.5. The number of nitrogens with two attached hydrogens (primary N) is 2. The molecule has 0 aliphatic rings. The van der Waals surface area contributed by atoms with E-state index in [1.807, 2.05) is 0 Å². The molecular formula is C12H26N6O3. The normalized spacial score (nSPS) is 12.8. The first kappa shape index (κ1) is 19.1. The molecule has 0 aliphatic heterocycles. The molecule has 0 aromatic heterocycles. The van der Waals surface area contributed by atoms with E-state index in [0.29, 0.717) is 19.4 Å². The maximum Gasteiger partial charge on any atom is 0.251 e. The van der Waals surface area contributed by atoms with Gasteiger partial charge in [0.05, 0.1) is 6.04 Å². The van der Waals surface area contributed by atoms with Gasteiger partial charge in [-0.3, -0.25) is 4.79 Å². The molecule has 6 N–H and O–H groups in total. The summed E-state index contributed by atoms with van der Waals surface area (Å²) in [6, 6.07) is -0.587. The molecule has 0 aromatic rings. The van der Waals surface area contributed by atoms with Crippen molar-refractivity contribution < 1.29 is 9.83 Å². The molecule has 122 valence electrons. The number of guanidine groups is 1. The van der Waals surface area contributed by atoms with Gasteiger partial charge in [0.25, 0.3) is 5.96 Å². The van der Waals surface area contributed by atoms with Gasteiger partial charge in [-0.15, -0.1) is 0 Å². The van der Waals surface area contributed by atoms with Crippen LogP contribution in [0.2, 0.25) is 0 Å². The minimum atomic E-state index is -0.781. The van der Waals surface area contributed by atoms with Crippen LogP contribution in [0.1, 0.15) is 45.4 Å². The van der Waals surface area contributed by atoms with Gasteiger partial charge >= 0.3 is 0 Å². The smallest absolute Gasteiger partial charge is 0.251 e. The van der Waals surface area contributed by atoms with Crippen LogP contribution in [0.15, 0.2) is 4.99 Å². The van der Waals surface area contributed by atoms with Crippen LogP contribution in [0.4, 0.5) is 0 Å². The van der Waals surface area contributed by atoms with Gasteiger partial charge in [0.2, 0.25) is 5.91 Å². The maximum absolute atomic E-state index is 11.7. The summed E-state index contributed by atoms with van der Waals surface area (Å²) in [5, 5.41) is 12.1. The minimum absolute atomic E-state index is 0.174. The molecule has 0 aliphatic carbocycles. The van der Waals surface area contributed by atoms with E-state index in [-0.39, 0.29) is 18.4 Å². The molecule has 0 saturated carbocycles. The first-order chi connectivity index (χ1) is 9.97. The van der Waals surface area contributed by atoms with Gasteiger partial charge in [0.1, 0.15) is 0 Å². The fourth-order valence-corrected chi connectivity index (χ4v) is 1.67. The summed E-state index contributed by atoms with van der Waals surface area (Å²) >= 11 is 0. The van der Waals surface area contributed by atoms with Crippen LogP contribution in [0, 0.1) is 10.1 Å². The number of carbonyl (C=O) groups excluding carboxylic acids is 1. The lowest BCUT2D eigenvalue weighted by Crippen LogP contribution is -2.41. The summed E-state index contributed by atoms with van der Waals surface area (Å²) in [6.07, 6.45) is 5.37. The lowest BCUT2D eigenvalue weighted by molar-refractivity contribution is -0.525. The summed E-state index contributed by atoms with van der Waals surface area (Å²) in [6.45, 7) is 3.06. The standard InChI is InChI=1S/C12H26N6O3/c1-2-3-4-5-8-15-11(19)10(13)7-6-9-16-12(14)17-18(20)21/h10H,2-9,13H2,1H3,(H,15,19)(H3,14,16,17). The molecular weight excluding hydrogens is 276 g/mol. The number of nitrogens with one attached hydrogen (secondary N) is 2. The number of aliphatic imine (C=N–C) groups is 1. The molecule has 0 saturated heterocycles. The van der Waals surface area contributed by atoms with Crippen molar-refractivity contribution in [2.75, 3.05) is 13.1 Å². The molecule has 0 heterocycles. The SMILES string of the molecule is CCCCCCNC(=O)C(N)CCCN=C(N)N[N+](=O)[O-]. The second-order valence-electron chi connectivity index (χ2n) is 4.74. The van der Waals surface area contributed by atoms with Gasteiger partial charge in [0, 0.05) is 13.1 Å². The third kappa shape index (κ3) is 11.6. The van der Waals surface area contributed by atoms with Crippen molar-refractivity contribution in [2.45, 2.75) is 51.5 Å². The number of hydrazine groups is 1. The highest BCUT2D eigenvalue weighted by atomic mass is 16.7. The van der Waals surface area contributed by atoms with E-state index in [9.17, 15) is 14.9 Å². The van der Waals surface area contributed by atoms with Gasteiger partial charge in [-0.2, -0.15) is 0 Å². The highest BCUT2D eigenvalue weighted by molar-refractivity contribution is 5.81. The number of amides is 1. The fraction of sp³-hybridized carbons (Fsp3) is 0.833. The van der Waals surface area contributed by atoms with E-state index >= 15 is 0 Å². The lowest BCUT2D eigenvalue weighted by Gasteiger charge is -2.11. The second kappa shape index (κ2) is 11.9. The number of carbonyl (C=O) groups is 1. The van der Waals surface area contributed by atoms with E-state index in [1.165, 1.54) is 6.42 Å². The third-order valence-corrected chi connectivity index (χ3v) is 2.83. The van der Waals surface area contributed by atoms with Crippen molar-refractivity contribution in [3.8, 4) is 0 Å². The predicted octanol–water partition coefficient (Wildman–Crippen LogP) is -0.114. The van der Waals surface area contributed by atoms with Crippen LogP contribution < -0.4 is 22.2 Å². The zero-order valence-corrected chi connectivity index (χ0v) is 12.5. The largest absolute Gasteiger partial charge is 0.365 e. The second-order valence-corrected chi connectivity index (χ2v) is 4.74. The summed E-state index contributed by atoms with van der Waals surface area (Å²) in [5.41, 5.74) is 12.7. The van der Waals surface area contributed by atoms with Crippen LogP contribution in [-0.2, 0) is 4.79 Å². The Bertz CT molecular complexity index is 348. The Hall–Kier alpha value is -1.90. The average Bonchev–Trinajstić information content (AvgIpc) is 2.42. The Labute approximate surface area is 124 Å². The summed E-state index contributed by atoms with van der Waals surface area (Å²) < 4.78 is 0. The number of hydrogen-bond acceptors (Lipinski definition) is 5. The van der Waals surface area contributed by atoms with E-state index in [0.717, 1.165) is 19.3 Å². The molecule has 0 spiro atoms. The Kier molecular flexibility index (Phi) is 10.8. The highest BCUT2D eigenvalue weighted by Crippen LogP contribution is 1.98. The predicted molar refractivity (Wildman–Crippen MR) is 81.0 cm³/mol. The quantitative estimate of drug-likeness (QED) is 0.137. The van der Waals surface area contributed by atoms with Gasteiger partial charge in [0.15, 0.2) is 5.03 Å². The van der Waals surface area contributed by atoms with Gasteiger partial charge in [-0.1, -0.05) is 31.6 Å². The van der Waals surface area contributed by atoms with Crippen LogP contribution in [0.25, 0.3) is 0 Å². The van der Waals surface area contributed by atoms with E-state index in [1.54, 1.807) is 5.43 Å². The molecule has 1 unspecified atom stereocenters. The average molecular weight is 302 g/mol. The number of nitro groups is 1. The van der Waals surface area contributed by atoms with Crippen molar-refractivity contribution in [1.82, 2.24) is 10.7 Å². The molecule has 9 heteroatoms. The number of nitrogens with zero attached hydrogens (tertiary/aromatic N) is 2. The topological polar surface area (TPSA) is 149 Å². The van der Waals surface area contributed by atoms with Gasteiger partial charge < -0.3 is 16.8 Å². The lowest BCUT2D eigenvalue weighted by atomic mass is 10.1. The van der Waals surface area contributed by atoms with E-state index in [4.69, 9.17) is 11.5 Å². The molecule has 0 radical (unpaired) electrons. The number of hydrogen-bond donors (Lipinski definition) is 4. The zero-order valence-electron chi connectivity index (χ0n) is 12.5. The molecule has 21 heavy (non-hydrogen) atoms.